The summed E-state index contributed by atoms with van der Waals surface area (Å²) in [6.07, 6.45) is 0.703. The van der Waals surface area contributed by atoms with Crippen LogP contribution in [0.1, 0.15) is 27.4 Å². The van der Waals surface area contributed by atoms with Gasteiger partial charge < -0.3 is 5.32 Å². The Kier molecular flexibility index (Phi) is 4.52. The average molecular weight is 326 g/mol. The molecule has 23 heavy (non-hydrogen) atoms. The second-order valence-electron chi connectivity index (χ2n) is 5.33. The maximum absolute atomic E-state index is 12.0. The maximum Gasteiger partial charge on any atom is 0.251 e. The molecule has 0 aliphatic heterocycles. The molecule has 2 aromatic heterocycles. The number of rotatable bonds is 5. The summed E-state index contributed by atoms with van der Waals surface area (Å²) in [5.41, 5.74) is 3.69. The number of nitrogens with zero attached hydrogens (tertiary/aromatic N) is 3. The van der Waals surface area contributed by atoms with Gasteiger partial charge >= 0.3 is 0 Å². The minimum Gasteiger partial charge on any atom is -0.352 e. The summed E-state index contributed by atoms with van der Waals surface area (Å²) in [5.74, 6) is -0.0559. The number of aryl methyl sites for hydroxylation is 2. The number of nitrogens with one attached hydrogen (secondary N) is 1. The zero-order valence-corrected chi connectivity index (χ0v) is 13.9. The van der Waals surface area contributed by atoms with E-state index >= 15 is 0 Å². The number of amides is 1. The van der Waals surface area contributed by atoms with Crippen molar-refractivity contribution in [3.05, 3.63) is 64.4 Å². The average Bonchev–Trinajstić information content (AvgIpc) is 3.14. The molecular formula is C17H18N4OS. The lowest BCUT2D eigenvalue weighted by Gasteiger charge is -2.03. The van der Waals surface area contributed by atoms with Gasteiger partial charge in [0.15, 0.2) is 0 Å². The molecule has 0 saturated heterocycles. The number of benzene rings is 1. The van der Waals surface area contributed by atoms with E-state index in [9.17, 15) is 4.79 Å². The summed E-state index contributed by atoms with van der Waals surface area (Å²) >= 11 is 1.56. The smallest absolute Gasteiger partial charge is 0.251 e. The van der Waals surface area contributed by atoms with Crippen LogP contribution in [0.25, 0.3) is 5.13 Å². The first-order valence-corrected chi connectivity index (χ1v) is 8.33. The van der Waals surface area contributed by atoms with Crippen molar-refractivity contribution >= 4 is 17.2 Å². The van der Waals surface area contributed by atoms with Gasteiger partial charge in [0, 0.05) is 29.6 Å². The highest BCUT2D eigenvalue weighted by molar-refractivity contribution is 7.12. The van der Waals surface area contributed by atoms with Crippen LogP contribution < -0.4 is 5.32 Å². The summed E-state index contributed by atoms with van der Waals surface area (Å²) in [6, 6.07) is 11.2. The maximum atomic E-state index is 12.0. The fraction of sp³-hybridized carbons (Fsp3) is 0.235. The first-order valence-electron chi connectivity index (χ1n) is 7.45. The van der Waals surface area contributed by atoms with E-state index in [2.05, 4.69) is 15.4 Å². The predicted molar refractivity (Wildman–Crippen MR) is 91.2 cm³/mol. The van der Waals surface area contributed by atoms with E-state index < -0.39 is 0 Å². The van der Waals surface area contributed by atoms with Gasteiger partial charge in [-0.05, 0) is 32.0 Å². The zero-order valence-electron chi connectivity index (χ0n) is 13.1. The van der Waals surface area contributed by atoms with Crippen LogP contribution >= 0.6 is 11.3 Å². The Balaban J connectivity index is 1.58. The van der Waals surface area contributed by atoms with Crippen molar-refractivity contribution in [3.8, 4) is 5.13 Å². The van der Waals surface area contributed by atoms with Crippen LogP contribution in [-0.2, 0) is 6.42 Å². The molecule has 5 nitrogen and oxygen atoms in total. The Labute approximate surface area is 139 Å². The van der Waals surface area contributed by atoms with Crippen molar-refractivity contribution < 1.29 is 4.79 Å². The SMILES string of the molecule is Cc1cc(C)n(-c2nc(CCNC(=O)c3ccccc3)cs2)n1. The third-order valence-electron chi connectivity index (χ3n) is 3.43. The lowest BCUT2D eigenvalue weighted by atomic mass is 10.2. The van der Waals surface area contributed by atoms with Crippen LogP contribution in [0, 0.1) is 13.8 Å². The second kappa shape index (κ2) is 6.75. The van der Waals surface area contributed by atoms with Crippen molar-refractivity contribution in [2.24, 2.45) is 0 Å². The zero-order chi connectivity index (χ0) is 16.2. The second-order valence-corrected chi connectivity index (χ2v) is 6.17. The molecule has 0 aliphatic carbocycles. The molecule has 2 heterocycles. The van der Waals surface area contributed by atoms with Crippen LogP contribution in [0.4, 0.5) is 0 Å². The van der Waals surface area contributed by atoms with Gasteiger partial charge in [0.25, 0.3) is 5.91 Å². The first kappa shape index (κ1) is 15.4. The number of thiazole rings is 1. The molecule has 6 heteroatoms. The molecule has 0 aliphatic rings. The molecule has 118 valence electrons. The Morgan fingerprint density at radius 2 is 2.04 bits per heavy atom. The van der Waals surface area contributed by atoms with Crippen LogP contribution in [0.3, 0.4) is 0 Å². The summed E-state index contributed by atoms with van der Waals surface area (Å²) in [6.45, 7) is 4.55. The Hall–Kier alpha value is -2.47. The number of carbonyl (C=O) groups is 1. The van der Waals surface area contributed by atoms with Crippen molar-refractivity contribution in [1.29, 1.82) is 0 Å². The normalized spacial score (nSPS) is 10.7. The lowest BCUT2D eigenvalue weighted by Crippen LogP contribution is -2.25. The van der Waals surface area contributed by atoms with E-state index in [4.69, 9.17) is 0 Å². The van der Waals surface area contributed by atoms with E-state index in [-0.39, 0.29) is 5.91 Å². The van der Waals surface area contributed by atoms with Crippen LogP contribution in [0.5, 0.6) is 0 Å². The van der Waals surface area contributed by atoms with Crippen molar-refractivity contribution in [2.45, 2.75) is 20.3 Å². The number of hydrogen-bond acceptors (Lipinski definition) is 4. The Morgan fingerprint density at radius 1 is 1.26 bits per heavy atom. The molecule has 0 radical (unpaired) electrons. The monoisotopic (exact) mass is 326 g/mol. The third kappa shape index (κ3) is 3.65. The fourth-order valence-corrected chi connectivity index (χ4v) is 3.19. The van der Waals surface area contributed by atoms with E-state index in [0.717, 1.165) is 22.2 Å². The molecule has 0 saturated carbocycles. The van der Waals surface area contributed by atoms with Crippen LogP contribution in [0.2, 0.25) is 0 Å². The first-order chi connectivity index (χ1) is 11.1. The molecular weight excluding hydrogens is 308 g/mol. The van der Waals surface area contributed by atoms with Crippen LogP contribution in [-0.4, -0.2) is 27.2 Å². The highest BCUT2D eigenvalue weighted by Gasteiger charge is 2.09. The van der Waals surface area contributed by atoms with E-state index in [0.29, 0.717) is 18.5 Å². The van der Waals surface area contributed by atoms with Gasteiger partial charge in [0.2, 0.25) is 5.13 Å². The molecule has 0 atom stereocenters. The van der Waals surface area contributed by atoms with Gasteiger partial charge in [-0.3, -0.25) is 4.79 Å². The van der Waals surface area contributed by atoms with Crippen molar-refractivity contribution in [2.75, 3.05) is 6.54 Å². The molecule has 1 aromatic carbocycles. The van der Waals surface area contributed by atoms with E-state index in [1.54, 1.807) is 23.5 Å². The highest BCUT2D eigenvalue weighted by Crippen LogP contribution is 2.17. The molecule has 0 bridgehead atoms. The van der Waals surface area contributed by atoms with Crippen molar-refractivity contribution in [3.63, 3.8) is 0 Å². The number of carbonyl (C=O) groups excluding carboxylic acids is 1. The molecule has 0 spiro atoms. The minimum atomic E-state index is -0.0559. The standard InChI is InChI=1S/C17H18N4OS/c1-12-10-13(2)21(20-12)17-19-15(11-23-17)8-9-18-16(22)14-6-4-3-5-7-14/h3-7,10-11H,8-9H2,1-2H3,(H,18,22). The fourth-order valence-electron chi connectivity index (χ4n) is 2.33. The Bertz CT molecular complexity index is 807. The summed E-state index contributed by atoms with van der Waals surface area (Å²) < 4.78 is 1.85. The largest absolute Gasteiger partial charge is 0.352 e. The molecule has 0 fully saturated rings. The third-order valence-corrected chi connectivity index (χ3v) is 4.30. The van der Waals surface area contributed by atoms with Gasteiger partial charge in [-0.25, -0.2) is 9.67 Å². The molecule has 1 amide bonds. The summed E-state index contributed by atoms with van der Waals surface area (Å²) in [4.78, 5) is 16.6. The summed E-state index contributed by atoms with van der Waals surface area (Å²) in [7, 11) is 0. The molecule has 0 unspecified atom stereocenters. The van der Waals surface area contributed by atoms with Gasteiger partial charge in [-0.1, -0.05) is 18.2 Å². The van der Waals surface area contributed by atoms with Crippen molar-refractivity contribution in [1.82, 2.24) is 20.1 Å². The molecule has 1 N–H and O–H groups in total. The minimum absolute atomic E-state index is 0.0559. The van der Waals surface area contributed by atoms with E-state index in [1.807, 2.05) is 48.2 Å². The summed E-state index contributed by atoms with van der Waals surface area (Å²) in [5, 5.41) is 10.2. The lowest BCUT2D eigenvalue weighted by molar-refractivity contribution is 0.0954. The predicted octanol–water partition coefficient (Wildman–Crippen LogP) is 2.92. The van der Waals surface area contributed by atoms with Crippen LogP contribution in [0.15, 0.2) is 41.8 Å². The number of hydrogen-bond donors (Lipinski definition) is 1. The highest BCUT2D eigenvalue weighted by atomic mass is 32.1. The molecule has 3 aromatic rings. The van der Waals surface area contributed by atoms with Gasteiger partial charge in [-0.2, -0.15) is 5.10 Å². The Morgan fingerprint density at radius 3 is 2.74 bits per heavy atom. The number of aromatic nitrogens is 3. The van der Waals surface area contributed by atoms with E-state index in [1.165, 1.54) is 0 Å². The quantitative estimate of drug-likeness (QED) is 0.784. The molecule has 3 rings (SSSR count). The van der Waals surface area contributed by atoms with Gasteiger partial charge in [-0.15, -0.1) is 11.3 Å². The topological polar surface area (TPSA) is 59.8 Å². The van der Waals surface area contributed by atoms with Gasteiger partial charge in [0.05, 0.1) is 11.4 Å². The van der Waals surface area contributed by atoms with Gasteiger partial charge in [0.1, 0.15) is 0 Å².